The van der Waals surface area contributed by atoms with Gasteiger partial charge >= 0.3 is 0 Å². The first-order chi connectivity index (χ1) is 17.5. The van der Waals surface area contributed by atoms with E-state index in [9.17, 15) is 14.4 Å². The highest BCUT2D eigenvalue weighted by Gasteiger charge is 2.36. The van der Waals surface area contributed by atoms with Crippen LogP contribution >= 0.6 is 0 Å². The van der Waals surface area contributed by atoms with E-state index in [2.05, 4.69) is 34.3 Å². The van der Waals surface area contributed by atoms with Gasteiger partial charge in [-0.25, -0.2) is 0 Å². The first kappa shape index (κ1) is 23.9. The molecule has 2 heterocycles. The highest BCUT2D eigenvalue weighted by molar-refractivity contribution is 6.22. The van der Waals surface area contributed by atoms with Gasteiger partial charge in [-0.05, 0) is 41.9 Å². The molecule has 1 N–H and O–H groups in total. The summed E-state index contributed by atoms with van der Waals surface area (Å²) in [7, 11) is 2.15. The molecule has 2 aliphatic heterocycles. The minimum atomic E-state index is -0.370. The molecule has 5 rings (SSSR count). The average molecular weight is 483 g/mol. The van der Waals surface area contributed by atoms with E-state index in [-0.39, 0.29) is 29.8 Å². The third-order valence-corrected chi connectivity index (χ3v) is 6.86. The van der Waals surface area contributed by atoms with Crippen molar-refractivity contribution in [1.82, 2.24) is 20.0 Å². The quantitative estimate of drug-likeness (QED) is 0.524. The number of nitrogens with one attached hydrogen (secondary N) is 1. The molecule has 0 saturated carbocycles. The molecular formula is C29H30N4O3. The molecule has 36 heavy (non-hydrogen) atoms. The van der Waals surface area contributed by atoms with Crippen LogP contribution in [0.5, 0.6) is 0 Å². The Kier molecular flexibility index (Phi) is 6.93. The molecule has 0 aliphatic carbocycles. The third-order valence-electron chi connectivity index (χ3n) is 6.86. The van der Waals surface area contributed by atoms with Crippen molar-refractivity contribution in [2.75, 3.05) is 33.2 Å². The maximum absolute atomic E-state index is 13.0. The average Bonchev–Trinajstić information content (AvgIpc) is 3.14. The Labute approximate surface area is 211 Å². The summed E-state index contributed by atoms with van der Waals surface area (Å²) in [5.41, 5.74) is 4.11. The van der Waals surface area contributed by atoms with Crippen molar-refractivity contribution in [2.24, 2.45) is 0 Å². The van der Waals surface area contributed by atoms with Crippen LogP contribution in [0.2, 0.25) is 0 Å². The molecule has 3 aromatic rings. The zero-order chi connectivity index (χ0) is 25.1. The number of hydrogen-bond acceptors (Lipinski definition) is 5. The number of rotatable bonds is 7. The monoisotopic (exact) mass is 482 g/mol. The smallest absolute Gasteiger partial charge is 0.261 e. The van der Waals surface area contributed by atoms with Gasteiger partial charge in [0.2, 0.25) is 0 Å². The molecular weight excluding hydrogens is 452 g/mol. The molecule has 2 aliphatic rings. The number of benzene rings is 3. The van der Waals surface area contributed by atoms with E-state index < -0.39 is 0 Å². The summed E-state index contributed by atoms with van der Waals surface area (Å²) in [6.07, 6.45) is 0. The number of piperazine rings is 1. The van der Waals surface area contributed by atoms with Gasteiger partial charge in [0.1, 0.15) is 0 Å². The molecule has 0 atom stereocenters. The fourth-order valence-electron chi connectivity index (χ4n) is 4.73. The summed E-state index contributed by atoms with van der Waals surface area (Å²) in [6.45, 7) is 5.76. The molecule has 184 valence electrons. The van der Waals surface area contributed by atoms with Crippen LogP contribution in [-0.4, -0.2) is 65.6 Å². The summed E-state index contributed by atoms with van der Waals surface area (Å²) < 4.78 is 0. The number of fused-ring (bicyclic) bond motifs is 1. The Morgan fingerprint density at radius 2 is 1.44 bits per heavy atom. The number of hydrogen-bond donors (Lipinski definition) is 1. The van der Waals surface area contributed by atoms with Crippen molar-refractivity contribution >= 4 is 17.7 Å². The minimum Gasteiger partial charge on any atom is -0.348 e. The second-order valence-corrected chi connectivity index (χ2v) is 9.52. The van der Waals surface area contributed by atoms with Gasteiger partial charge in [0.05, 0.1) is 17.7 Å². The summed E-state index contributed by atoms with van der Waals surface area (Å²) >= 11 is 0. The van der Waals surface area contributed by atoms with E-state index in [1.807, 2.05) is 42.5 Å². The molecule has 3 amide bonds. The molecule has 0 aromatic heterocycles. The number of amides is 3. The van der Waals surface area contributed by atoms with Crippen LogP contribution in [-0.2, 0) is 19.6 Å². The fraction of sp³-hybridized carbons (Fsp3) is 0.276. The SMILES string of the molecule is CN1CCN(Cc2cccc(CNC(=O)c3ccc4c(c3)C(=O)N(Cc3ccccc3)C4=O)c2)CC1. The Hall–Kier alpha value is -3.81. The molecule has 1 saturated heterocycles. The maximum atomic E-state index is 13.0. The third kappa shape index (κ3) is 5.22. The second kappa shape index (κ2) is 10.4. The van der Waals surface area contributed by atoms with E-state index in [0.29, 0.717) is 17.7 Å². The zero-order valence-corrected chi connectivity index (χ0v) is 20.4. The van der Waals surface area contributed by atoms with Crippen molar-refractivity contribution in [1.29, 1.82) is 0 Å². The van der Waals surface area contributed by atoms with E-state index >= 15 is 0 Å². The molecule has 0 spiro atoms. The van der Waals surface area contributed by atoms with Gasteiger partial charge in [-0.15, -0.1) is 0 Å². The first-order valence-electron chi connectivity index (χ1n) is 12.3. The van der Waals surface area contributed by atoms with Crippen LogP contribution in [0, 0.1) is 0 Å². The largest absolute Gasteiger partial charge is 0.348 e. The first-order valence-corrected chi connectivity index (χ1v) is 12.3. The lowest BCUT2D eigenvalue weighted by Gasteiger charge is -2.32. The highest BCUT2D eigenvalue weighted by Crippen LogP contribution is 2.25. The van der Waals surface area contributed by atoms with Gasteiger partial charge in [0, 0.05) is 44.8 Å². The van der Waals surface area contributed by atoms with Gasteiger partial charge in [-0.2, -0.15) is 0 Å². The molecule has 7 heteroatoms. The molecule has 1 fully saturated rings. The van der Waals surface area contributed by atoms with Crippen molar-refractivity contribution in [3.63, 3.8) is 0 Å². The van der Waals surface area contributed by atoms with Crippen molar-refractivity contribution < 1.29 is 14.4 Å². The Bertz CT molecular complexity index is 1280. The van der Waals surface area contributed by atoms with Gasteiger partial charge in [-0.1, -0.05) is 54.6 Å². The second-order valence-electron chi connectivity index (χ2n) is 9.52. The van der Waals surface area contributed by atoms with Crippen LogP contribution in [0.3, 0.4) is 0 Å². The van der Waals surface area contributed by atoms with Gasteiger partial charge in [0.25, 0.3) is 17.7 Å². The Morgan fingerprint density at radius 3 is 2.22 bits per heavy atom. The van der Waals surface area contributed by atoms with E-state index in [4.69, 9.17) is 0 Å². The Balaban J connectivity index is 1.21. The lowest BCUT2D eigenvalue weighted by atomic mass is 10.0. The highest BCUT2D eigenvalue weighted by atomic mass is 16.2. The van der Waals surface area contributed by atoms with Crippen LogP contribution in [0.15, 0.2) is 72.8 Å². The van der Waals surface area contributed by atoms with Gasteiger partial charge in [0.15, 0.2) is 0 Å². The molecule has 3 aromatic carbocycles. The summed E-state index contributed by atoms with van der Waals surface area (Å²) in [5.74, 6) is -0.975. The van der Waals surface area contributed by atoms with Crippen molar-refractivity contribution in [3.8, 4) is 0 Å². The molecule has 0 bridgehead atoms. The van der Waals surface area contributed by atoms with Crippen LogP contribution in [0.25, 0.3) is 0 Å². The molecule has 7 nitrogen and oxygen atoms in total. The van der Waals surface area contributed by atoms with Crippen LogP contribution in [0.4, 0.5) is 0 Å². The molecule has 0 radical (unpaired) electrons. The summed E-state index contributed by atoms with van der Waals surface area (Å²) in [5, 5.41) is 2.95. The zero-order valence-electron chi connectivity index (χ0n) is 20.4. The summed E-state index contributed by atoms with van der Waals surface area (Å²) in [4.78, 5) is 44.6. The number of imide groups is 1. The van der Waals surface area contributed by atoms with E-state index in [0.717, 1.165) is 43.9 Å². The number of nitrogens with zero attached hydrogens (tertiary/aromatic N) is 3. The van der Waals surface area contributed by atoms with Gasteiger partial charge in [-0.3, -0.25) is 24.2 Å². The minimum absolute atomic E-state index is 0.208. The van der Waals surface area contributed by atoms with E-state index in [1.54, 1.807) is 12.1 Å². The lowest BCUT2D eigenvalue weighted by Crippen LogP contribution is -2.43. The Morgan fingerprint density at radius 1 is 0.750 bits per heavy atom. The van der Waals surface area contributed by atoms with Crippen LogP contribution in [0.1, 0.15) is 47.8 Å². The van der Waals surface area contributed by atoms with Crippen molar-refractivity contribution in [2.45, 2.75) is 19.6 Å². The predicted octanol–water partition coefficient (Wildman–Crippen LogP) is 3.16. The number of carbonyl (C=O) groups is 3. The topological polar surface area (TPSA) is 73.0 Å². The number of likely N-dealkylation sites (N-methyl/N-ethyl adjacent to an activating group) is 1. The maximum Gasteiger partial charge on any atom is 0.261 e. The predicted molar refractivity (Wildman–Crippen MR) is 137 cm³/mol. The van der Waals surface area contributed by atoms with Crippen molar-refractivity contribution in [3.05, 3.63) is 106 Å². The van der Waals surface area contributed by atoms with E-state index in [1.165, 1.54) is 16.5 Å². The summed E-state index contributed by atoms with van der Waals surface area (Å²) in [6, 6.07) is 22.4. The number of carbonyl (C=O) groups excluding carboxylic acids is 3. The normalized spacial score (nSPS) is 16.3. The van der Waals surface area contributed by atoms with Gasteiger partial charge < -0.3 is 10.2 Å². The lowest BCUT2D eigenvalue weighted by molar-refractivity contribution is 0.0642. The fourth-order valence-corrected chi connectivity index (χ4v) is 4.73. The van der Waals surface area contributed by atoms with Crippen LogP contribution < -0.4 is 5.32 Å². The standard InChI is InChI=1S/C29H30N4O3/c1-31-12-14-32(15-13-31)19-23-9-5-8-22(16-23)18-30-27(34)24-10-11-25-26(17-24)29(36)33(28(25)35)20-21-6-3-2-4-7-21/h2-11,16-17H,12-15,18-20H2,1H3,(H,30,34). The molecule has 0 unspecified atom stereocenters.